The van der Waals surface area contributed by atoms with E-state index in [4.69, 9.17) is 9.47 Å². The van der Waals surface area contributed by atoms with Crippen LogP contribution in [0.25, 0.3) is 0 Å². The third-order valence-electron chi connectivity index (χ3n) is 5.93. The van der Waals surface area contributed by atoms with Crippen molar-refractivity contribution in [1.29, 1.82) is 0 Å². The van der Waals surface area contributed by atoms with Crippen molar-refractivity contribution in [3.05, 3.63) is 83.4 Å². The highest BCUT2D eigenvalue weighted by Gasteiger charge is 2.37. The number of ether oxygens (including phenoxy) is 2. The number of anilines is 2. The van der Waals surface area contributed by atoms with E-state index in [-0.39, 0.29) is 18.3 Å². The number of imide groups is 1. The van der Waals surface area contributed by atoms with Crippen molar-refractivity contribution in [2.75, 3.05) is 23.9 Å². The predicted octanol–water partition coefficient (Wildman–Crippen LogP) is 5.03. The van der Waals surface area contributed by atoms with Crippen molar-refractivity contribution in [2.45, 2.75) is 26.2 Å². The summed E-state index contributed by atoms with van der Waals surface area (Å²) in [5.74, 6) is 0.193. The maximum Gasteiger partial charge on any atom is 0.266 e. The first-order valence-corrected chi connectivity index (χ1v) is 11.1. The minimum absolute atomic E-state index is 0.162. The zero-order valence-corrected chi connectivity index (χ0v) is 19.3. The molecule has 1 unspecified atom stereocenters. The average molecular weight is 459 g/mol. The maximum atomic E-state index is 12.8. The van der Waals surface area contributed by atoms with Crippen LogP contribution in [0.1, 0.15) is 52.5 Å². The molecule has 7 heteroatoms. The summed E-state index contributed by atoms with van der Waals surface area (Å²) in [4.78, 5) is 39.1. The molecular formula is C27H26N2O5. The molecule has 1 N–H and O–H groups in total. The second kappa shape index (κ2) is 9.79. The van der Waals surface area contributed by atoms with Crippen LogP contribution in [0.5, 0.6) is 11.5 Å². The van der Waals surface area contributed by atoms with E-state index < -0.39 is 11.8 Å². The van der Waals surface area contributed by atoms with Crippen LogP contribution >= 0.6 is 0 Å². The van der Waals surface area contributed by atoms with Crippen LogP contribution in [0.2, 0.25) is 0 Å². The summed E-state index contributed by atoms with van der Waals surface area (Å²) in [7, 11) is 1.44. The molecule has 0 aromatic heterocycles. The van der Waals surface area contributed by atoms with E-state index in [0.717, 1.165) is 11.3 Å². The molecule has 3 aromatic carbocycles. The highest BCUT2D eigenvalue weighted by molar-refractivity contribution is 6.34. The molecule has 1 aliphatic rings. The molecule has 0 saturated heterocycles. The molecule has 7 nitrogen and oxygen atoms in total. The van der Waals surface area contributed by atoms with Crippen molar-refractivity contribution in [2.24, 2.45) is 0 Å². The number of fused-ring (bicyclic) bond motifs is 1. The fourth-order valence-corrected chi connectivity index (χ4v) is 3.82. The summed E-state index contributed by atoms with van der Waals surface area (Å²) >= 11 is 0. The van der Waals surface area contributed by atoms with E-state index in [1.54, 1.807) is 42.5 Å². The zero-order valence-electron chi connectivity index (χ0n) is 19.3. The van der Waals surface area contributed by atoms with Crippen LogP contribution < -0.4 is 19.7 Å². The summed E-state index contributed by atoms with van der Waals surface area (Å²) in [5, 5.41) is 2.75. The molecule has 1 aliphatic heterocycles. The molecule has 0 spiro atoms. The van der Waals surface area contributed by atoms with Crippen LogP contribution in [0.4, 0.5) is 11.4 Å². The monoisotopic (exact) mass is 458 g/mol. The van der Waals surface area contributed by atoms with Gasteiger partial charge in [0.05, 0.1) is 23.9 Å². The first-order valence-electron chi connectivity index (χ1n) is 11.1. The molecule has 0 bridgehead atoms. The Morgan fingerprint density at radius 1 is 0.971 bits per heavy atom. The lowest BCUT2D eigenvalue weighted by Crippen LogP contribution is -2.29. The largest absolute Gasteiger partial charge is 0.494 e. The number of amides is 3. The van der Waals surface area contributed by atoms with Gasteiger partial charge in [-0.3, -0.25) is 14.4 Å². The Labute approximate surface area is 198 Å². The lowest BCUT2D eigenvalue weighted by molar-refractivity contribution is -0.118. The Hall–Kier alpha value is -4.13. The van der Waals surface area contributed by atoms with Crippen molar-refractivity contribution in [3.63, 3.8) is 0 Å². The third-order valence-corrected chi connectivity index (χ3v) is 5.93. The number of hydrogen-bond acceptors (Lipinski definition) is 5. The quantitative estimate of drug-likeness (QED) is 0.479. The van der Waals surface area contributed by atoms with Crippen LogP contribution in [0, 0.1) is 0 Å². The summed E-state index contributed by atoms with van der Waals surface area (Å²) in [5.41, 5.74) is 2.69. The molecule has 174 valence electrons. The fourth-order valence-electron chi connectivity index (χ4n) is 3.82. The molecule has 34 heavy (non-hydrogen) atoms. The van der Waals surface area contributed by atoms with Gasteiger partial charge < -0.3 is 14.8 Å². The van der Waals surface area contributed by atoms with Gasteiger partial charge in [0.25, 0.3) is 17.7 Å². The number of benzene rings is 3. The van der Waals surface area contributed by atoms with Crippen molar-refractivity contribution in [1.82, 2.24) is 0 Å². The van der Waals surface area contributed by atoms with Gasteiger partial charge in [-0.15, -0.1) is 0 Å². The van der Waals surface area contributed by atoms with E-state index in [0.29, 0.717) is 34.2 Å². The van der Waals surface area contributed by atoms with Gasteiger partial charge in [-0.05, 0) is 54.3 Å². The predicted molar refractivity (Wildman–Crippen MR) is 130 cm³/mol. The number of rotatable bonds is 8. The molecule has 4 rings (SSSR count). The standard InChI is InChI=1S/C27H26N2O5/c1-4-17(2)18-9-12-20(13-10-18)34-16-25(30)28-19-11-14-23(24(15-19)33-3)29-26(31)21-7-5-6-8-22(21)27(29)32/h5-15,17H,4,16H2,1-3H3,(H,28,30). The molecule has 3 aromatic rings. The van der Waals surface area contributed by atoms with Crippen LogP contribution in [-0.4, -0.2) is 31.4 Å². The first kappa shape index (κ1) is 23.0. The zero-order chi connectivity index (χ0) is 24.2. The van der Waals surface area contributed by atoms with Crippen molar-refractivity contribution >= 4 is 29.1 Å². The highest BCUT2D eigenvalue weighted by Crippen LogP contribution is 2.36. The van der Waals surface area contributed by atoms with Gasteiger partial charge in [-0.2, -0.15) is 0 Å². The third kappa shape index (κ3) is 4.50. The number of carbonyl (C=O) groups excluding carboxylic acids is 3. The van der Waals surface area contributed by atoms with E-state index in [9.17, 15) is 14.4 Å². The Bertz CT molecular complexity index is 1200. The van der Waals surface area contributed by atoms with E-state index in [2.05, 4.69) is 19.2 Å². The van der Waals surface area contributed by atoms with Gasteiger partial charge in [0.1, 0.15) is 11.5 Å². The number of nitrogens with one attached hydrogen (secondary N) is 1. The van der Waals surface area contributed by atoms with Gasteiger partial charge in [-0.1, -0.05) is 38.1 Å². The Kier molecular flexibility index (Phi) is 6.63. The number of hydrogen-bond donors (Lipinski definition) is 1. The van der Waals surface area contributed by atoms with Crippen LogP contribution in [-0.2, 0) is 4.79 Å². The molecule has 1 atom stereocenters. The molecular weight excluding hydrogens is 432 g/mol. The Morgan fingerprint density at radius 2 is 1.62 bits per heavy atom. The molecule has 0 radical (unpaired) electrons. The number of methoxy groups -OCH3 is 1. The molecule has 3 amide bonds. The normalized spacial score (nSPS) is 13.4. The molecule has 0 fully saturated rings. The summed E-state index contributed by atoms with van der Waals surface area (Å²) in [6.45, 7) is 4.14. The first-order chi connectivity index (χ1) is 16.4. The lowest BCUT2D eigenvalue weighted by Gasteiger charge is -2.18. The average Bonchev–Trinajstić information content (AvgIpc) is 3.12. The van der Waals surface area contributed by atoms with Gasteiger partial charge in [0.15, 0.2) is 6.61 Å². The lowest BCUT2D eigenvalue weighted by atomic mass is 9.99. The fraction of sp³-hybridized carbons (Fsp3) is 0.222. The van der Waals surface area contributed by atoms with Crippen LogP contribution in [0.15, 0.2) is 66.7 Å². The minimum atomic E-state index is -0.413. The van der Waals surface area contributed by atoms with E-state index in [1.165, 1.54) is 12.7 Å². The van der Waals surface area contributed by atoms with Gasteiger partial charge in [-0.25, -0.2) is 4.90 Å². The van der Waals surface area contributed by atoms with Gasteiger partial charge in [0, 0.05) is 11.8 Å². The number of carbonyl (C=O) groups is 3. The minimum Gasteiger partial charge on any atom is -0.494 e. The summed E-state index contributed by atoms with van der Waals surface area (Å²) in [6.07, 6.45) is 1.05. The SMILES string of the molecule is CCC(C)c1ccc(OCC(=O)Nc2ccc(N3C(=O)c4ccccc4C3=O)c(OC)c2)cc1. The molecule has 0 aliphatic carbocycles. The van der Waals surface area contributed by atoms with E-state index >= 15 is 0 Å². The second-order valence-electron chi connectivity index (χ2n) is 8.09. The summed E-state index contributed by atoms with van der Waals surface area (Å²) in [6, 6.07) is 19.1. The second-order valence-corrected chi connectivity index (χ2v) is 8.09. The highest BCUT2D eigenvalue weighted by atomic mass is 16.5. The van der Waals surface area contributed by atoms with Gasteiger partial charge in [0.2, 0.25) is 0 Å². The van der Waals surface area contributed by atoms with Crippen molar-refractivity contribution in [3.8, 4) is 11.5 Å². The Balaban J connectivity index is 1.42. The molecule has 0 saturated carbocycles. The van der Waals surface area contributed by atoms with Crippen LogP contribution in [0.3, 0.4) is 0 Å². The van der Waals surface area contributed by atoms with Gasteiger partial charge >= 0.3 is 0 Å². The number of nitrogens with zero attached hydrogens (tertiary/aromatic N) is 1. The Morgan fingerprint density at radius 3 is 2.21 bits per heavy atom. The van der Waals surface area contributed by atoms with E-state index in [1.807, 2.05) is 24.3 Å². The van der Waals surface area contributed by atoms with Crippen molar-refractivity contribution < 1.29 is 23.9 Å². The topological polar surface area (TPSA) is 84.9 Å². The summed E-state index contributed by atoms with van der Waals surface area (Å²) < 4.78 is 11.0. The molecule has 1 heterocycles. The maximum absolute atomic E-state index is 12.8. The smallest absolute Gasteiger partial charge is 0.266 e.